The van der Waals surface area contributed by atoms with Gasteiger partial charge in [0.15, 0.2) is 0 Å². The van der Waals surface area contributed by atoms with E-state index >= 15 is 0 Å². The molecule has 1 unspecified atom stereocenters. The summed E-state index contributed by atoms with van der Waals surface area (Å²) in [5, 5.41) is 2.59. The Kier molecular flexibility index (Phi) is 7.82. The average molecular weight is 517 g/mol. The third kappa shape index (κ3) is 6.36. The van der Waals surface area contributed by atoms with E-state index in [0.29, 0.717) is 5.69 Å². The number of anilines is 2. The predicted molar refractivity (Wildman–Crippen MR) is 148 cm³/mol. The van der Waals surface area contributed by atoms with Crippen molar-refractivity contribution in [3.8, 4) is 0 Å². The van der Waals surface area contributed by atoms with Crippen molar-refractivity contribution in [3.63, 3.8) is 0 Å². The highest BCUT2D eigenvalue weighted by Gasteiger charge is 2.23. The number of nitrogens with one attached hydrogen (secondary N) is 2. The molecular formula is C29H28N2O3S2. The Hall–Kier alpha value is -3.55. The van der Waals surface area contributed by atoms with Gasteiger partial charge in [-0.3, -0.25) is 9.52 Å². The van der Waals surface area contributed by atoms with Crippen molar-refractivity contribution in [2.75, 3.05) is 10.0 Å². The number of thioether (sulfide) groups is 1. The minimum atomic E-state index is -3.69. The zero-order valence-electron chi connectivity index (χ0n) is 20.4. The van der Waals surface area contributed by atoms with Crippen LogP contribution in [0, 0.1) is 20.8 Å². The van der Waals surface area contributed by atoms with Crippen molar-refractivity contribution in [1.29, 1.82) is 0 Å². The molecule has 36 heavy (non-hydrogen) atoms. The first-order valence-corrected chi connectivity index (χ1v) is 13.9. The summed E-state index contributed by atoms with van der Waals surface area (Å²) in [5.41, 5.74) is 5.26. The molecule has 2 N–H and O–H groups in total. The summed E-state index contributed by atoms with van der Waals surface area (Å²) in [6.07, 6.45) is 0. The van der Waals surface area contributed by atoms with Gasteiger partial charge in [-0.25, -0.2) is 8.42 Å². The van der Waals surface area contributed by atoms with Gasteiger partial charge in [-0.15, -0.1) is 11.8 Å². The van der Waals surface area contributed by atoms with Crippen molar-refractivity contribution in [2.45, 2.75) is 35.8 Å². The number of hydrogen-bond donors (Lipinski definition) is 2. The average Bonchev–Trinajstić information content (AvgIpc) is 2.86. The smallest absolute Gasteiger partial charge is 0.261 e. The van der Waals surface area contributed by atoms with Crippen LogP contribution in [0.2, 0.25) is 0 Å². The van der Waals surface area contributed by atoms with Crippen LogP contribution >= 0.6 is 11.8 Å². The van der Waals surface area contributed by atoms with Gasteiger partial charge in [0, 0.05) is 16.3 Å². The van der Waals surface area contributed by atoms with Crippen molar-refractivity contribution < 1.29 is 13.2 Å². The van der Waals surface area contributed by atoms with Gasteiger partial charge in [-0.05, 0) is 74.4 Å². The van der Waals surface area contributed by atoms with Gasteiger partial charge in [0.2, 0.25) is 5.91 Å². The standard InChI is InChI=1S/C29H28N2O3S2/c1-20-9-16-26(17-10-20)36(33,34)31-24-12-14-25(15-13-24)35-28(23-7-5-4-6-8-23)29(32)30-27-18-11-21(2)19-22(27)3/h4-19,28,31H,1-3H3,(H,30,32). The molecule has 1 amide bonds. The summed E-state index contributed by atoms with van der Waals surface area (Å²) >= 11 is 1.41. The highest BCUT2D eigenvalue weighted by Crippen LogP contribution is 2.37. The summed E-state index contributed by atoms with van der Waals surface area (Å²) in [6, 6.07) is 29.3. The summed E-state index contributed by atoms with van der Waals surface area (Å²) in [6.45, 7) is 5.90. The number of carbonyl (C=O) groups is 1. The Bertz CT molecular complexity index is 1450. The monoisotopic (exact) mass is 516 g/mol. The molecule has 0 saturated carbocycles. The lowest BCUT2D eigenvalue weighted by Gasteiger charge is -2.18. The number of carbonyl (C=O) groups excluding carboxylic acids is 1. The first-order chi connectivity index (χ1) is 17.2. The maximum Gasteiger partial charge on any atom is 0.261 e. The molecule has 0 heterocycles. The summed E-state index contributed by atoms with van der Waals surface area (Å²) < 4.78 is 28.0. The highest BCUT2D eigenvalue weighted by molar-refractivity contribution is 8.00. The number of sulfonamides is 1. The maximum atomic E-state index is 13.4. The topological polar surface area (TPSA) is 75.3 Å². The lowest BCUT2D eigenvalue weighted by Crippen LogP contribution is -2.19. The Morgan fingerprint density at radius 1 is 0.778 bits per heavy atom. The van der Waals surface area contributed by atoms with Crippen molar-refractivity contribution in [2.24, 2.45) is 0 Å². The minimum Gasteiger partial charge on any atom is -0.325 e. The van der Waals surface area contributed by atoms with Gasteiger partial charge in [-0.1, -0.05) is 65.7 Å². The van der Waals surface area contributed by atoms with E-state index in [4.69, 9.17) is 0 Å². The van der Waals surface area contributed by atoms with E-state index in [2.05, 4.69) is 10.0 Å². The minimum absolute atomic E-state index is 0.123. The molecule has 4 aromatic carbocycles. The number of rotatable bonds is 8. The molecule has 0 aliphatic rings. The van der Waals surface area contributed by atoms with Crippen LogP contribution < -0.4 is 10.0 Å². The third-order valence-corrected chi connectivity index (χ3v) is 8.34. The molecule has 0 spiro atoms. The number of aryl methyl sites for hydroxylation is 3. The Labute approximate surface area is 217 Å². The Morgan fingerprint density at radius 3 is 2.06 bits per heavy atom. The quantitative estimate of drug-likeness (QED) is 0.250. The van der Waals surface area contributed by atoms with Crippen LogP contribution in [0.3, 0.4) is 0 Å². The lowest BCUT2D eigenvalue weighted by atomic mass is 10.1. The lowest BCUT2D eigenvalue weighted by molar-refractivity contribution is -0.115. The summed E-state index contributed by atoms with van der Waals surface area (Å²) in [7, 11) is -3.69. The van der Waals surface area contributed by atoms with E-state index in [1.807, 2.05) is 81.4 Å². The molecular weight excluding hydrogens is 488 g/mol. The fourth-order valence-corrected chi connectivity index (χ4v) is 5.81. The highest BCUT2D eigenvalue weighted by atomic mass is 32.2. The molecule has 5 nitrogen and oxygen atoms in total. The predicted octanol–water partition coefficient (Wildman–Crippen LogP) is 6.88. The first-order valence-electron chi connectivity index (χ1n) is 11.5. The van der Waals surface area contributed by atoms with Gasteiger partial charge >= 0.3 is 0 Å². The second kappa shape index (κ2) is 11.0. The fraction of sp³-hybridized carbons (Fsp3) is 0.138. The molecule has 7 heteroatoms. The van der Waals surface area contributed by atoms with Crippen LogP contribution in [0.15, 0.2) is 107 Å². The van der Waals surface area contributed by atoms with E-state index in [0.717, 1.165) is 32.8 Å². The second-order valence-electron chi connectivity index (χ2n) is 8.66. The summed E-state index contributed by atoms with van der Waals surface area (Å²) in [5.74, 6) is -0.123. The van der Waals surface area contributed by atoms with E-state index in [1.54, 1.807) is 36.4 Å². The van der Waals surface area contributed by atoms with E-state index in [-0.39, 0.29) is 10.8 Å². The van der Waals surface area contributed by atoms with Crippen LogP contribution in [-0.2, 0) is 14.8 Å². The molecule has 0 fully saturated rings. The van der Waals surface area contributed by atoms with Crippen molar-refractivity contribution >= 4 is 39.1 Å². The zero-order valence-corrected chi connectivity index (χ0v) is 22.0. The molecule has 1 atom stereocenters. The van der Waals surface area contributed by atoms with E-state index in [9.17, 15) is 13.2 Å². The zero-order chi connectivity index (χ0) is 25.7. The Morgan fingerprint density at radius 2 is 1.42 bits per heavy atom. The maximum absolute atomic E-state index is 13.4. The van der Waals surface area contributed by atoms with E-state index in [1.165, 1.54) is 11.8 Å². The van der Waals surface area contributed by atoms with Gasteiger partial charge in [0.05, 0.1) is 4.90 Å². The molecule has 0 aliphatic heterocycles. The number of benzene rings is 4. The molecule has 0 aliphatic carbocycles. The van der Waals surface area contributed by atoms with Gasteiger partial charge < -0.3 is 5.32 Å². The van der Waals surface area contributed by atoms with Crippen LogP contribution in [0.5, 0.6) is 0 Å². The van der Waals surface area contributed by atoms with Crippen molar-refractivity contribution in [3.05, 3.63) is 119 Å². The van der Waals surface area contributed by atoms with Crippen LogP contribution in [0.25, 0.3) is 0 Å². The number of amides is 1. The third-order valence-electron chi connectivity index (χ3n) is 5.67. The van der Waals surface area contributed by atoms with Crippen LogP contribution in [-0.4, -0.2) is 14.3 Å². The molecule has 0 radical (unpaired) electrons. The molecule has 4 aromatic rings. The second-order valence-corrected chi connectivity index (χ2v) is 11.5. The van der Waals surface area contributed by atoms with Gasteiger partial charge in [-0.2, -0.15) is 0 Å². The van der Waals surface area contributed by atoms with Gasteiger partial charge in [0.25, 0.3) is 10.0 Å². The molecule has 0 aromatic heterocycles. The number of hydrogen-bond acceptors (Lipinski definition) is 4. The fourth-order valence-electron chi connectivity index (χ4n) is 3.72. The summed E-state index contributed by atoms with van der Waals surface area (Å²) in [4.78, 5) is 14.4. The molecule has 0 saturated heterocycles. The first kappa shape index (κ1) is 25.5. The SMILES string of the molecule is Cc1ccc(S(=O)(=O)Nc2ccc(SC(C(=O)Nc3ccc(C)cc3C)c3ccccc3)cc2)cc1. The van der Waals surface area contributed by atoms with E-state index < -0.39 is 15.3 Å². The van der Waals surface area contributed by atoms with Gasteiger partial charge in [0.1, 0.15) is 5.25 Å². The molecule has 4 rings (SSSR count). The Balaban J connectivity index is 1.52. The largest absolute Gasteiger partial charge is 0.325 e. The molecule has 184 valence electrons. The van der Waals surface area contributed by atoms with Crippen LogP contribution in [0.1, 0.15) is 27.5 Å². The van der Waals surface area contributed by atoms with Crippen LogP contribution in [0.4, 0.5) is 11.4 Å². The molecule has 0 bridgehead atoms. The normalized spacial score (nSPS) is 12.1. The van der Waals surface area contributed by atoms with Crippen molar-refractivity contribution in [1.82, 2.24) is 0 Å².